The van der Waals surface area contributed by atoms with Crippen molar-refractivity contribution in [2.45, 2.75) is 19.4 Å². The maximum atomic E-state index is 11.8. The van der Waals surface area contributed by atoms with Gasteiger partial charge in [0.05, 0.1) is 16.0 Å². The molecule has 0 fully saturated rings. The number of benzene rings is 1. The van der Waals surface area contributed by atoms with Gasteiger partial charge in [0.2, 0.25) is 0 Å². The second-order valence-corrected chi connectivity index (χ2v) is 4.61. The molecule has 1 rings (SSSR count). The molecule has 0 aliphatic heterocycles. The maximum absolute atomic E-state index is 11.8. The van der Waals surface area contributed by atoms with Crippen molar-refractivity contribution in [3.63, 3.8) is 0 Å². The lowest BCUT2D eigenvalue weighted by Gasteiger charge is -2.10. The van der Waals surface area contributed by atoms with E-state index < -0.39 is 22.6 Å². The summed E-state index contributed by atoms with van der Waals surface area (Å²) in [6.07, 6.45) is -0.177. The van der Waals surface area contributed by atoms with Gasteiger partial charge in [0.15, 0.2) is 0 Å². The maximum Gasteiger partial charge on any atom is 0.290 e. The highest BCUT2D eigenvalue weighted by Crippen LogP contribution is 2.32. The second-order valence-electron chi connectivity index (χ2n) is 3.82. The topological polar surface area (TPSA) is 92.5 Å². The molecule has 1 unspecified atom stereocenters. The van der Waals surface area contributed by atoms with Gasteiger partial charge in [-0.05, 0) is 12.5 Å². The van der Waals surface area contributed by atoms with Gasteiger partial charge in [-0.25, -0.2) is 0 Å². The number of carbonyl (C=O) groups excluding carboxylic acids is 1. The smallest absolute Gasteiger partial charge is 0.290 e. The highest BCUT2D eigenvalue weighted by atomic mass is 35.5. The number of nitro benzene ring substituents is 1. The molecule has 1 atom stereocenters. The molecule has 0 aliphatic carbocycles. The molecule has 0 spiro atoms. The number of nitro groups is 1. The zero-order valence-electron chi connectivity index (χ0n) is 10.0. The normalized spacial score (nSPS) is 12.0. The lowest BCUT2D eigenvalue weighted by Crippen LogP contribution is -2.31. The van der Waals surface area contributed by atoms with E-state index in [-0.39, 0.29) is 22.2 Å². The van der Waals surface area contributed by atoms with Crippen LogP contribution >= 0.6 is 23.2 Å². The third kappa shape index (κ3) is 4.05. The summed E-state index contributed by atoms with van der Waals surface area (Å²) in [6, 6.07) is 2.28. The van der Waals surface area contributed by atoms with Crippen LogP contribution in [0.1, 0.15) is 23.7 Å². The molecule has 19 heavy (non-hydrogen) atoms. The van der Waals surface area contributed by atoms with Gasteiger partial charge in [-0.15, -0.1) is 0 Å². The molecule has 1 amide bonds. The van der Waals surface area contributed by atoms with Crippen LogP contribution in [0.2, 0.25) is 10.0 Å². The Morgan fingerprint density at radius 2 is 2.16 bits per heavy atom. The Balaban J connectivity index is 2.95. The summed E-state index contributed by atoms with van der Waals surface area (Å²) < 4.78 is 0. The molecule has 2 N–H and O–H groups in total. The van der Waals surface area contributed by atoms with E-state index in [1.807, 2.05) is 0 Å². The first kappa shape index (κ1) is 15.7. The van der Waals surface area contributed by atoms with E-state index in [0.717, 1.165) is 6.07 Å². The SMILES string of the molecule is CCC(O)CNC(=O)c1cc(Cl)c(Cl)c([N+](=O)[O-])c1. The molecule has 0 bridgehead atoms. The summed E-state index contributed by atoms with van der Waals surface area (Å²) in [5.41, 5.74) is -0.417. The van der Waals surface area contributed by atoms with Crippen LogP contribution in [0, 0.1) is 10.1 Å². The summed E-state index contributed by atoms with van der Waals surface area (Å²) in [6.45, 7) is 1.82. The summed E-state index contributed by atoms with van der Waals surface area (Å²) in [5.74, 6) is -0.561. The number of nitrogens with one attached hydrogen (secondary N) is 1. The zero-order chi connectivity index (χ0) is 14.6. The van der Waals surface area contributed by atoms with Crippen molar-refractivity contribution >= 4 is 34.8 Å². The van der Waals surface area contributed by atoms with Gasteiger partial charge in [-0.3, -0.25) is 14.9 Å². The van der Waals surface area contributed by atoms with E-state index in [1.165, 1.54) is 6.07 Å². The zero-order valence-corrected chi connectivity index (χ0v) is 11.5. The van der Waals surface area contributed by atoms with Gasteiger partial charge in [-0.2, -0.15) is 0 Å². The van der Waals surface area contributed by atoms with Gasteiger partial charge < -0.3 is 10.4 Å². The Labute approximate surface area is 119 Å². The average Bonchev–Trinajstić information content (AvgIpc) is 2.37. The number of halogens is 2. The number of nitrogens with zero attached hydrogens (tertiary/aromatic N) is 1. The predicted octanol–water partition coefficient (Wildman–Crippen LogP) is 2.40. The fraction of sp³-hybridized carbons (Fsp3) is 0.364. The molecule has 1 aromatic rings. The van der Waals surface area contributed by atoms with Crippen molar-refractivity contribution in [2.24, 2.45) is 0 Å². The molecular weight excluding hydrogens is 295 g/mol. The molecule has 0 saturated carbocycles. The lowest BCUT2D eigenvalue weighted by molar-refractivity contribution is -0.384. The van der Waals surface area contributed by atoms with E-state index in [1.54, 1.807) is 6.92 Å². The minimum absolute atomic E-state index is 0.0180. The van der Waals surface area contributed by atoms with Gasteiger partial charge in [-0.1, -0.05) is 30.1 Å². The fourth-order valence-corrected chi connectivity index (χ4v) is 1.69. The summed E-state index contributed by atoms with van der Waals surface area (Å²) in [7, 11) is 0. The van der Waals surface area contributed by atoms with Crippen molar-refractivity contribution in [2.75, 3.05) is 6.54 Å². The van der Waals surface area contributed by atoms with Crippen LogP contribution in [0.5, 0.6) is 0 Å². The van der Waals surface area contributed by atoms with Crippen molar-refractivity contribution in [3.05, 3.63) is 37.9 Å². The fourth-order valence-electron chi connectivity index (χ4n) is 1.30. The molecule has 0 radical (unpaired) electrons. The number of aliphatic hydroxyl groups is 1. The lowest BCUT2D eigenvalue weighted by atomic mass is 10.2. The molecule has 0 aliphatic rings. The number of aliphatic hydroxyl groups excluding tert-OH is 1. The molecule has 0 heterocycles. The molecule has 104 valence electrons. The number of amides is 1. The first-order chi connectivity index (χ1) is 8.86. The first-order valence-electron chi connectivity index (χ1n) is 5.46. The van der Waals surface area contributed by atoms with Crippen LogP contribution in [0.25, 0.3) is 0 Å². The van der Waals surface area contributed by atoms with Crippen molar-refractivity contribution in [1.82, 2.24) is 5.32 Å². The summed E-state index contributed by atoms with van der Waals surface area (Å²) >= 11 is 11.4. The van der Waals surface area contributed by atoms with Gasteiger partial charge in [0.1, 0.15) is 5.02 Å². The summed E-state index contributed by atoms with van der Waals surface area (Å²) in [4.78, 5) is 21.8. The molecule has 1 aromatic carbocycles. The predicted molar refractivity (Wildman–Crippen MR) is 71.7 cm³/mol. The van der Waals surface area contributed by atoms with E-state index in [4.69, 9.17) is 23.2 Å². The monoisotopic (exact) mass is 306 g/mol. The van der Waals surface area contributed by atoms with E-state index in [0.29, 0.717) is 6.42 Å². The molecule has 0 saturated heterocycles. The summed E-state index contributed by atoms with van der Waals surface area (Å²) in [5, 5.41) is 22.2. The van der Waals surface area contributed by atoms with Crippen molar-refractivity contribution in [3.8, 4) is 0 Å². The quantitative estimate of drug-likeness (QED) is 0.645. The third-order valence-corrected chi connectivity index (χ3v) is 3.23. The van der Waals surface area contributed by atoms with Crippen LogP contribution in [0.4, 0.5) is 5.69 Å². The first-order valence-corrected chi connectivity index (χ1v) is 6.22. The minimum Gasteiger partial charge on any atom is -0.391 e. The van der Waals surface area contributed by atoms with Crippen molar-refractivity contribution < 1.29 is 14.8 Å². The van der Waals surface area contributed by atoms with Crippen molar-refractivity contribution in [1.29, 1.82) is 0 Å². The Morgan fingerprint density at radius 3 is 2.68 bits per heavy atom. The van der Waals surface area contributed by atoms with Crippen LogP contribution in [0.15, 0.2) is 12.1 Å². The van der Waals surface area contributed by atoms with E-state index in [2.05, 4.69) is 5.32 Å². The Morgan fingerprint density at radius 1 is 1.53 bits per heavy atom. The van der Waals surface area contributed by atoms with Crippen LogP contribution in [-0.4, -0.2) is 28.6 Å². The van der Waals surface area contributed by atoms with E-state index >= 15 is 0 Å². The van der Waals surface area contributed by atoms with Crippen LogP contribution < -0.4 is 5.32 Å². The van der Waals surface area contributed by atoms with Gasteiger partial charge in [0.25, 0.3) is 11.6 Å². The average molecular weight is 307 g/mol. The number of rotatable bonds is 5. The number of carbonyl (C=O) groups is 1. The second kappa shape index (κ2) is 6.70. The number of hydrogen-bond donors (Lipinski definition) is 2. The third-order valence-electron chi connectivity index (χ3n) is 2.44. The highest BCUT2D eigenvalue weighted by molar-refractivity contribution is 6.43. The Kier molecular flexibility index (Phi) is 5.53. The Bertz CT molecular complexity index is 508. The largest absolute Gasteiger partial charge is 0.391 e. The standard InChI is InChI=1S/C11H12Cl2N2O4/c1-2-7(16)5-14-11(17)6-3-8(12)10(13)9(4-6)15(18)19/h3-4,7,16H,2,5H2,1H3,(H,14,17). The van der Waals surface area contributed by atoms with Gasteiger partial charge in [0, 0.05) is 18.2 Å². The minimum atomic E-state index is -0.716. The Hall–Kier alpha value is -1.37. The molecule has 8 heteroatoms. The molecule has 6 nitrogen and oxygen atoms in total. The highest BCUT2D eigenvalue weighted by Gasteiger charge is 2.20. The van der Waals surface area contributed by atoms with E-state index in [9.17, 15) is 20.0 Å². The van der Waals surface area contributed by atoms with Crippen LogP contribution in [-0.2, 0) is 0 Å². The molecule has 0 aromatic heterocycles. The number of hydrogen-bond acceptors (Lipinski definition) is 4. The van der Waals surface area contributed by atoms with Crippen LogP contribution in [0.3, 0.4) is 0 Å². The van der Waals surface area contributed by atoms with Gasteiger partial charge >= 0.3 is 0 Å². The molecular formula is C11H12Cl2N2O4.